The lowest BCUT2D eigenvalue weighted by Crippen LogP contribution is -2.22. The molecule has 0 aliphatic carbocycles. The number of rotatable bonds is 10. The second-order valence-corrected chi connectivity index (χ2v) is 8.19. The van der Waals surface area contributed by atoms with Gasteiger partial charge in [0.2, 0.25) is 0 Å². The van der Waals surface area contributed by atoms with Gasteiger partial charge in [-0.2, -0.15) is 0 Å². The summed E-state index contributed by atoms with van der Waals surface area (Å²) in [6.45, 7) is 9.73. The first-order valence-corrected chi connectivity index (χ1v) is 11.7. The highest BCUT2D eigenvalue weighted by molar-refractivity contribution is 6.02. The highest BCUT2D eigenvalue weighted by Gasteiger charge is 2.24. The molecular formula is C29H31F2N3. The first kappa shape index (κ1) is 25.1. The van der Waals surface area contributed by atoms with E-state index in [4.69, 9.17) is 6.42 Å². The van der Waals surface area contributed by atoms with Gasteiger partial charge in [0.25, 0.3) is 0 Å². The average molecular weight is 460 g/mol. The van der Waals surface area contributed by atoms with Crippen LogP contribution in [0.2, 0.25) is 0 Å². The molecule has 3 rings (SSSR count). The van der Waals surface area contributed by atoms with Crippen LogP contribution in [0.1, 0.15) is 62.3 Å². The van der Waals surface area contributed by atoms with Crippen LogP contribution in [-0.2, 0) is 0 Å². The third-order valence-corrected chi connectivity index (χ3v) is 6.03. The van der Waals surface area contributed by atoms with E-state index in [0.717, 1.165) is 48.5 Å². The summed E-state index contributed by atoms with van der Waals surface area (Å²) in [7, 11) is 0. The molecule has 0 N–H and O–H groups in total. The third kappa shape index (κ3) is 5.88. The van der Waals surface area contributed by atoms with E-state index in [2.05, 4.69) is 41.4 Å². The largest absolute Gasteiger partial charge is 0.357 e. The van der Waals surface area contributed by atoms with Gasteiger partial charge in [-0.3, -0.25) is 4.99 Å². The maximum Gasteiger partial charge on any atom is 0.135 e. The van der Waals surface area contributed by atoms with Crippen LogP contribution in [-0.4, -0.2) is 30.4 Å². The minimum atomic E-state index is -0.573. The molecule has 1 aliphatic rings. The molecule has 34 heavy (non-hydrogen) atoms. The van der Waals surface area contributed by atoms with Crippen molar-refractivity contribution in [2.75, 3.05) is 13.1 Å². The predicted molar refractivity (Wildman–Crippen MR) is 138 cm³/mol. The van der Waals surface area contributed by atoms with Gasteiger partial charge in [0.1, 0.15) is 17.5 Å². The fourth-order valence-electron chi connectivity index (χ4n) is 4.11. The number of hydrogen-bond donors (Lipinski definition) is 0. The molecule has 0 amide bonds. The normalized spacial score (nSPS) is 16.2. The van der Waals surface area contributed by atoms with Crippen LogP contribution >= 0.6 is 0 Å². The molecule has 0 fully saturated rings. The molecule has 1 aliphatic heterocycles. The molecule has 2 aromatic carbocycles. The fourth-order valence-corrected chi connectivity index (χ4v) is 4.11. The van der Waals surface area contributed by atoms with E-state index < -0.39 is 11.6 Å². The zero-order valence-corrected chi connectivity index (χ0v) is 19.9. The first-order chi connectivity index (χ1) is 16.5. The van der Waals surface area contributed by atoms with Crippen molar-refractivity contribution < 1.29 is 8.78 Å². The lowest BCUT2D eigenvalue weighted by atomic mass is 9.99. The van der Waals surface area contributed by atoms with Crippen molar-refractivity contribution in [3.8, 4) is 12.3 Å². The Hall–Kier alpha value is -3.52. The number of benzene rings is 2. The molecule has 176 valence electrons. The minimum absolute atomic E-state index is 0.0161. The molecule has 0 spiro atoms. The summed E-state index contributed by atoms with van der Waals surface area (Å²) >= 11 is 0. The van der Waals surface area contributed by atoms with E-state index in [1.54, 1.807) is 0 Å². The van der Waals surface area contributed by atoms with Gasteiger partial charge in [0, 0.05) is 24.4 Å². The Morgan fingerprint density at radius 3 is 2.47 bits per heavy atom. The molecule has 0 radical (unpaired) electrons. The number of allylic oxidation sites excluding steroid dienone is 3. The minimum Gasteiger partial charge on any atom is -0.357 e. The van der Waals surface area contributed by atoms with Crippen molar-refractivity contribution in [2.45, 2.75) is 45.6 Å². The number of halogens is 2. The summed E-state index contributed by atoms with van der Waals surface area (Å²) in [5, 5.41) is 0. The van der Waals surface area contributed by atoms with Crippen molar-refractivity contribution in [3.63, 3.8) is 0 Å². The van der Waals surface area contributed by atoms with Crippen molar-refractivity contribution in [2.24, 2.45) is 9.98 Å². The summed E-state index contributed by atoms with van der Waals surface area (Å²) in [4.78, 5) is 11.0. The van der Waals surface area contributed by atoms with Crippen LogP contribution in [0.5, 0.6) is 0 Å². The fraction of sp³-hybridized carbons (Fsp3) is 0.310. The molecule has 1 heterocycles. The molecule has 0 saturated heterocycles. The number of nitrogens with zero attached hydrogens (tertiary/aromatic N) is 3. The Bertz CT molecular complexity index is 1120. The highest BCUT2D eigenvalue weighted by atomic mass is 19.1. The van der Waals surface area contributed by atoms with Gasteiger partial charge in [-0.15, -0.1) is 6.42 Å². The van der Waals surface area contributed by atoms with Gasteiger partial charge in [-0.05, 0) is 68.3 Å². The maximum absolute atomic E-state index is 14.1. The monoisotopic (exact) mass is 459 g/mol. The Morgan fingerprint density at radius 2 is 1.88 bits per heavy atom. The predicted octanol–water partition coefficient (Wildman–Crippen LogP) is 6.97. The van der Waals surface area contributed by atoms with Crippen molar-refractivity contribution in [1.82, 2.24) is 4.90 Å². The smallest absolute Gasteiger partial charge is 0.135 e. The topological polar surface area (TPSA) is 28.0 Å². The molecule has 2 aromatic rings. The van der Waals surface area contributed by atoms with Crippen LogP contribution in [0.25, 0.3) is 5.57 Å². The number of hydrogen-bond acceptors (Lipinski definition) is 3. The van der Waals surface area contributed by atoms with E-state index >= 15 is 0 Å². The van der Waals surface area contributed by atoms with Gasteiger partial charge in [-0.25, -0.2) is 13.8 Å². The second-order valence-electron chi connectivity index (χ2n) is 8.19. The number of unbranched alkanes of at least 4 members (excludes halogenated alkanes) is 1. The Kier molecular flexibility index (Phi) is 8.93. The van der Waals surface area contributed by atoms with Gasteiger partial charge < -0.3 is 4.90 Å². The van der Waals surface area contributed by atoms with Crippen molar-refractivity contribution in [3.05, 3.63) is 88.8 Å². The maximum atomic E-state index is 14.1. The molecular weight excluding hydrogens is 428 g/mol. The van der Waals surface area contributed by atoms with Crippen LogP contribution < -0.4 is 0 Å². The van der Waals surface area contributed by atoms with Crippen LogP contribution in [0, 0.1) is 24.0 Å². The summed E-state index contributed by atoms with van der Waals surface area (Å²) in [6, 6.07) is 11.6. The lowest BCUT2D eigenvalue weighted by molar-refractivity contribution is 0.352. The first-order valence-electron chi connectivity index (χ1n) is 11.7. The zero-order chi connectivity index (χ0) is 24.5. The summed E-state index contributed by atoms with van der Waals surface area (Å²) in [5.74, 6) is 2.41. The number of terminal acetylenes is 1. The third-order valence-electron chi connectivity index (χ3n) is 6.03. The molecule has 3 nitrogen and oxygen atoms in total. The van der Waals surface area contributed by atoms with E-state index in [9.17, 15) is 8.78 Å². The Morgan fingerprint density at radius 1 is 1.18 bits per heavy atom. The zero-order valence-electron chi connectivity index (χ0n) is 19.9. The van der Waals surface area contributed by atoms with Crippen molar-refractivity contribution in [1.29, 1.82) is 0 Å². The Labute approximate surface area is 201 Å². The van der Waals surface area contributed by atoms with Crippen LogP contribution in [0.3, 0.4) is 0 Å². The molecule has 1 unspecified atom stereocenters. The van der Waals surface area contributed by atoms with Crippen molar-refractivity contribution >= 4 is 18.0 Å². The molecule has 0 bridgehead atoms. The Balaban J connectivity index is 1.79. The van der Waals surface area contributed by atoms with Crippen LogP contribution in [0.15, 0.2) is 70.4 Å². The summed E-state index contributed by atoms with van der Waals surface area (Å²) in [6.07, 6.45) is 13.0. The van der Waals surface area contributed by atoms with E-state index in [1.807, 2.05) is 36.4 Å². The van der Waals surface area contributed by atoms with Gasteiger partial charge in [0.05, 0.1) is 11.6 Å². The quantitative estimate of drug-likeness (QED) is 0.214. The lowest BCUT2D eigenvalue weighted by Gasteiger charge is -2.22. The second kappa shape index (κ2) is 12.1. The SMILES string of the molecule is C#C/C(=C\C=C(/N=C)N(CC)CCCC)c1ccc(C2CCC(c3c(F)cccc3F)=N2)cc1. The molecule has 5 heteroatoms. The number of aliphatic imine (C=N–C) groups is 2. The molecule has 1 atom stereocenters. The molecule has 0 aromatic heterocycles. The van der Waals surface area contributed by atoms with Crippen LogP contribution in [0.4, 0.5) is 8.78 Å². The molecule has 0 saturated carbocycles. The highest BCUT2D eigenvalue weighted by Crippen LogP contribution is 2.33. The van der Waals surface area contributed by atoms with Gasteiger partial charge >= 0.3 is 0 Å². The van der Waals surface area contributed by atoms with Gasteiger partial charge in [0.15, 0.2) is 0 Å². The standard InChI is InChI=1S/C29H31F2N3/c1-5-8-20-34(7-3)28(32-4)19-16-21(6-2)22-12-14-23(15-13-22)26-17-18-27(33-26)29-24(30)10-9-11-25(29)31/h2,9-16,19,26H,4-5,7-8,17-18,20H2,1,3H3/b21-16+,28-19+. The van der Waals surface area contributed by atoms with Gasteiger partial charge in [-0.1, -0.05) is 49.6 Å². The van der Waals surface area contributed by atoms with E-state index in [1.165, 1.54) is 18.2 Å². The summed E-state index contributed by atoms with van der Waals surface area (Å²) < 4.78 is 28.3. The van der Waals surface area contributed by atoms with E-state index in [-0.39, 0.29) is 11.6 Å². The summed E-state index contributed by atoms with van der Waals surface area (Å²) in [5.41, 5.74) is 3.10. The van der Waals surface area contributed by atoms with E-state index in [0.29, 0.717) is 18.6 Å². The average Bonchev–Trinajstić information content (AvgIpc) is 3.33.